The van der Waals surface area contributed by atoms with Crippen LogP contribution in [0.2, 0.25) is 5.02 Å². The highest BCUT2D eigenvalue weighted by Crippen LogP contribution is 2.33. The fraction of sp³-hybridized carbons (Fsp3) is 0.344. The molecule has 0 unspecified atom stereocenters. The Morgan fingerprint density at radius 1 is 1.10 bits per heavy atom. The first-order chi connectivity index (χ1) is 19.7. The molecule has 3 heterocycles. The van der Waals surface area contributed by atoms with Crippen LogP contribution in [0.25, 0.3) is 10.1 Å². The van der Waals surface area contributed by atoms with Crippen LogP contribution in [0, 0.1) is 0 Å². The van der Waals surface area contributed by atoms with Crippen molar-refractivity contribution in [3.05, 3.63) is 88.4 Å². The molecule has 4 aromatic rings. The number of anilines is 2. The van der Waals surface area contributed by atoms with Crippen LogP contribution in [0.5, 0.6) is 0 Å². The molecule has 1 saturated heterocycles. The molecule has 1 fully saturated rings. The fourth-order valence-electron chi connectivity index (χ4n) is 5.92. The normalized spacial score (nSPS) is 16.5. The molecule has 0 spiro atoms. The lowest BCUT2D eigenvalue weighted by atomic mass is 9.85. The lowest BCUT2D eigenvalue weighted by Gasteiger charge is -2.44. The highest BCUT2D eigenvalue weighted by molar-refractivity contribution is 7.13. The van der Waals surface area contributed by atoms with Gasteiger partial charge in [-0.3, -0.25) is 14.1 Å². The molecule has 0 saturated carbocycles. The van der Waals surface area contributed by atoms with Gasteiger partial charge in [0.2, 0.25) is 12.6 Å². The number of nitrogens with one attached hydrogen (secondary N) is 1. The molecule has 1 amide bonds. The Bertz CT molecular complexity index is 1600. The lowest BCUT2D eigenvalue weighted by Crippen LogP contribution is -2.61. The Labute approximate surface area is 249 Å². The third-order valence-electron chi connectivity index (χ3n) is 8.60. The summed E-state index contributed by atoms with van der Waals surface area (Å²) in [5.74, 6) is 0.795. The second kappa shape index (κ2) is 11.1. The van der Waals surface area contributed by atoms with Crippen molar-refractivity contribution in [3.63, 3.8) is 0 Å². The van der Waals surface area contributed by atoms with Gasteiger partial charge in [-0.1, -0.05) is 54.1 Å². The summed E-state index contributed by atoms with van der Waals surface area (Å²) < 4.78 is 12.7. The van der Waals surface area contributed by atoms with Crippen molar-refractivity contribution in [2.24, 2.45) is 0 Å². The summed E-state index contributed by atoms with van der Waals surface area (Å²) in [6, 6.07) is 21.9. The minimum Gasteiger partial charge on any atom is -0.414 e. The van der Waals surface area contributed by atoms with Gasteiger partial charge in [0.05, 0.1) is 49.3 Å². The van der Waals surface area contributed by atoms with E-state index in [9.17, 15) is 9.59 Å². The summed E-state index contributed by atoms with van der Waals surface area (Å²) in [7, 11) is 0. The summed E-state index contributed by atoms with van der Waals surface area (Å²) >= 11 is 7.96. The number of esters is 1. The van der Waals surface area contributed by atoms with Crippen LogP contribution < -0.4 is 10.2 Å². The van der Waals surface area contributed by atoms with Crippen LogP contribution >= 0.6 is 23.1 Å². The van der Waals surface area contributed by atoms with E-state index in [4.69, 9.17) is 20.7 Å². The average molecular weight is 590 g/mol. The number of ether oxygens (including phenoxy) is 1. The molecular weight excluding hydrogens is 556 g/mol. The Balaban J connectivity index is 1.22. The van der Waals surface area contributed by atoms with Gasteiger partial charge in [0.25, 0.3) is 0 Å². The number of aromatic nitrogens is 1. The second-order valence-corrected chi connectivity index (χ2v) is 12.9. The number of hydrogen-bond donors (Lipinski definition) is 1. The molecule has 2 aliphatic rings. The van der Waals surface area contributed by atoms with Crippen molar-refractivity contribution in [1.29, 1.82) is 0 Å². The number of carbonyl (C=O) groups is 2. The Hall–Kier alpha value is -3.46. The predicted molar refractivity (Wildman–Crippen MR) is 165 cm³/mol. The number of benzene rings is 3. The maximum absolute atomic E-state index is 13.4. The standard InChI is InChI=1S/C32H33ClN4O3S/c1-32(2,23-8-4-3-5-9-23)31(39)40-21-37(15-12-22-18-24(33)19-27-26(22)20-29(38)34-27)16-13-36(14-17-37)30-25-10-6-7-11-28(25)41-35-30/h3-11,18-19H,12-17,20-21H2,1-2H3/p+1. The molecule has 3 aromatic carbocycles. The molecule has 1 aromatic heterocycles. The van der Waals surface area contributed by atoms with Gasteiger partial charge in [-0.25, -0.2) is 0 Å². The third-order valence-corrected chi connectivity index (χ3v) is 9.63. The largest absolute Gasteiger partial charge is 0.414 e. The molecule has 0 radical (unpaired) electrons. The van der Waals surface area contributed by atoms with Crippen LogP contribution in [0.3, 0.4) is 0 Å². The number of hydrogen-bond acceptors (Lipinski definition) is 6. The summed E-state index contributed by atoms with van der Waals surface area (Å²) in [6.07, 6.45) is 1.10. The van der Waals surface area contributed by atoms with Crippen molar-refractivity contribution in [2.75, 3.05) is 49.7 Å². The van der Waals surface area contributed by atoms with E-state index in [1.165, 1.54) is 21.6 Å². The van der Waals surface area contributed by atoms with Gasteiger partial charge in [0, 0.05) is 22.5 Å². The number of nitrogens with zero attached hydrogens (tertiary/aromatic N) is 3. The van der Waals surface area contributed by atoms with E-state index in [0.29, 0.717) is 22.7 Å². The van der Waals surface area contributed by atoms with Gasteiger partial charge < -0.3 is 15.0 Å². The van der Waals surface area contributed by atoms with Gasteiger partial charge in [0.1, 0.15) is 0 Å². The number of piperazine rings is 1. The van der Waals surface area contributed by atoms with E-state index in [1.54, 1.807) is 0 Å². The molecule has 6 rings (SSSR count). The molecule has 1 N–H and O–H groups in total. The Morgan fingerprint density at radius 3 is 2.61 bits per heavy atom. The van der Waals surface area contributed by atoms with Crippen LogP contribution in [-0.4, -0.2) is 60.2 Å². The highest BCUT2D eigenvalue weighted by atomic mass is 35.5. The van der Waals surface area contributed by atoms with E-state index in [2.05, 4.69) is 28.4 Å². The maximum Gasteiger partial charge on any atom is 0.320 e. The summed E-state index contributed by atoms with van der Waals surface area (Å²) in [5.41, 5.74) is 3.08. The first-order valence-electron chi connectivity index (χ1n) is 14.0. The minimum atomic E-state index is -0.758. The van der Waals surface area contributed by atoms with Gasteiger partial charge in [-0.15, -0.1) is 0 Å². The highest BCUT2D eigenvalue weighted by Gasteiger charge is 2.38. The number of halogens is 1. The van der Waals surface area contributed by atoms with Gasteiger partial charge >= 0.3 is 5.97 Å². The number of fused-ring (bicyclic) bond motifs is 2. The SMILES string of the molecule is CC(C)(C(=O)OC[N+]1(CCc2cc(Cl)cc3c2CC(=O)N3)CCN(c2nsc3ccccc23)CC1)c1ccccc1. The topological polar surface area (TPSA) is 71.5 Å². The smallest absolute Gasteiger partial charge is 0.320 e. The van der Waals surface area contributed by atoms with Crippen LogP contribution in [0.4, 0.5) is 11.5 Å². The first kappa shape index (κ1) is 27.7. The van der Waals surface area contributed by atoms with Crippen molar-refractivity contribution in [3.8, 4) is 0 Å². The molecule has 0 atom stereocenters. The molecule has 212 valence electrons. The van der Waals surface area contributed by atoms with Crippen molar-refractivity contribution >= 4 is 56.6 Å². The van der Waals surface area contributed by atoms with Crippen molar-refractivity contribution in [2.45, 2.75) is 32.1 Å². The summed E-state index contributed by atoms with van der Waals surface area (Å²) in [5, 5.41) is 4.72. The van der Waals surface area contributed by atoms with E-state index in [0.717, 1.165) is 67.3 Å². The van der Waals surface area contributed by atoms with E-state index in [1.807, 2.05) is 62.4 Å². The summed E-state index contributed by atoms with van der Waals surface area (Å²) in [6.45, 7) is 8.13. The van der Waals surface area contributed by atoms with E-state index in [-0.39, 0.29) is 11.9 Å². The van der Waals surface area contributed by atoms with Gasteiger partial charge in [-0.05, 0) is 66.3 Å². The molecule has 9 heteroatoms. The zero-order valence-electron chi connectivity index (χ0n) is 23.4. The molecular formula is C32H34ClN4O3S+. The van der Waals surface area contributed by atoms with Gasteiger partial charge in [-0.2, -0.15) is 4.37 Å². The zero-order valence-corrected chi connectivity index (χ0v) is 24.9. The Morgan fingerprint density at radius 2 is 1.83 bits per heavy atom. The predicted octanol–water partition coefficient (Wildman–Crippen LogP) is 5.80. The third kappa shape index (κ3) is 5.56. The number of rotatable bonds is 8. The molecule has 41 heavy (non-hydrogen) atoms. The average Bonchev–Trinajstić information content (AvgIpc) is 3.58. The monoisotopic (exact) mass is 589 g/mol. The van der Waals surface area contributed by atoms with Crippen molar-refractivity contribution in [1.82, 2.24) is 4.37 Å². The lowest BCUT2D eigenvalue weighted by molar-refractivity contribution is -0.943. The Kier molecular flexibility index (Phi) is 7.49. The number of amides is 1. The zero-order chi connectivity index (χ0) is 28.6. The van der Waals surface area contributed by atoms with Crippen LogP contribution in [-0.2, 0) is 32.6 Å². The summed E-state index contributed by atoms with van der Waals surface area (Å²) in [4.78, 5) is 27.9. The van der Waals surface area contributed by atoms with Crippen LogP contribution in [0.1, 0.15) is 30.5 Å². The molecule has 0 aliphatic carbocycles. The number of quaternary nitrogens is 1. The molecule has 0 bridgehead atoms. The fourth-order valence-corrected chi connectivity index (χ4v) is 6.95. The first-order valence-corrected chi connectivity index (χ1v) is 15.2. The van der Waals surface area contributed by atoms with E-state index >= 15 is 0 Å². The van der Waals surface area contributed by atoms with Gasteiger partial charge in [0.15, 0.2) is 5.82 Å². The molecule has 2 aliphatic heterocycles. The number of carbonyl (C=O) groups excluding carboxylic acids is 2. The van der Waals surface area contributed by atoms with Crippen LogP contribution in [0.15, 0.2) is 66.7 Å². The second-order valence-electron chi connectivity index (χ2n) is 11.6. The minimum absolute atomic E-state index is 0.00593. The van der Waals surface area contributed by atoms with E-state index < -0.39 is 5.41 Å². The maximum atomic E-state index is 13.4. The quantitative estimate of drug-likeness (QED) is 0.208. The van der Waals surface area contributed by atoms with Crippen molar-refractivity contribution < 1.29 is 18.8 Å². The molecule has 7 nitrogen and oxygen atoms in total.